The van der Waals surface area contributed by atoms with Crippen molar-refractivity contribution in [2.24, 2.45) is 0 Å². The van der Waals surface area contributed by atoms with E-state index in [0.29, 0.717) is 23.5 Å². The van der Waals surface area contributed by atoms with Crippen molar-refractivity contribution in [1.82, 2.24) is 14.6 Å². The average molecular weight is 193 g/mol. The summed E-state index contributed by atoms with van der Waals surface area (Å²) >= 11 is 0. The molecule has 0 aliphatic heterocycles. The summed E-state index contributed by atoms with van der Waals surface area (Å²) in [7, 11) is 1.58. The SMILES string of the molecule is COCc1nc2cc[nH]n2c(=O)c1C. The maximum absolute atomic E-state index is 11.7. The van der Waals surface area contributed by atoms with Crippen molar-refractivity contribution >= 4 is 5.65 Å². The molecule has 0 spiro atoms. The fourth-order valence-electron chi connectivity index (χ4n) is 1.37. The van der Waals surface area contributed by atoms with Gasteiger partial charge in [0.1, 0.15) is 0 Å². The Morgan fingerprint density at radius 1 is 1.64 bits per heavy atom. The number of hydrogen-bond acceptors (Lipinski definition) is 3. The van der Waals surface area contributed by atoms with Gasteiger partial charge < -0.3 is 4.74 Å². The Morgan fingerprint density at radius 2 is 2.43 bits per heavy atom. The Kier molecular flexibility index (Phi) is 2.09. The van der Waals surface area contributed by atoms with Gasteiger partial charge in [0, 0.05) is 24.9 Å². The highest BCUT2D eigenvalue weighted by Crippen LogP contribution is 2.03. The zero-order chi connectivity index (χ0) is 10.1. The zero-order valence-corrected chi connectivity index (χ0v) is 8.07. The number of fused-ring (bicyclic) bond motifs is 1. The van der Waals surface area contributed by atoms with Crippen LogP contribution in [0, 0.1) is 6.92 Å². The van der Waals surface area contributed by atoms with Crippen molar-refractivity contribution < 1.29 is 4.74 Å². The summed E-state index contributed by atoms with van der Waals surface area (Å²) in [5.74, 6) is 0. The highest BCUT2D eigenvalue weighted by atomic mass is 16.5. The molecule has 0 radical (unpaired) electrons. The van der Waals surface area contributed by atoms with Gasteiger partial charge in [-0.05, 0) is 6.92 Å². The fraction of sp³-hybridized carbons (Fsp3) is 0.333. The summed E-state index contributed by atoms with van der Waals surface area (Å²) in [5, 5.41) is 2.80. The van der Waals surface area contributed by atoms with Crippen LogP contribution in [0.5, 0.6) is 0 Å². The third kappa shape index (κ3) is 1.22. The molecule has 5 nitrogen and oxygen atoms in total. The Morgan fingerprint density at radius 3 is 3.14 bits per heavy atom. The maximum Gasteiger partial charge on any atom is 0.275 e. The molecular formula is C9H11N3O2. The standard InChI is InChI=1S/C9H11N3O2/c1-6-7(5-14-2)11-8-3-4-10-12(8)9(6)13/h3-4,10H,5H2,1-2H3. The van der Waals surface area contributed by atoms with E-state index in [9.17, 15) is 4.79 Å². The van der Waals surface area contributed by atoms with Crippen LogP contribution < -0.4 is 5.56 Å². The molecule has 0 atom stereocenters. The van der Waals surface area contributed by atoms with Gasteiger partial charge >= 0.3 is 0 Å². The molecule has 0 saturated heterocycles. The van der Waals surface area contributed by atoms with E-state index in [2.05, 4.69) is 10.1 Å². The van der Waals surface area contributed by atoms with E-state index in [1.807, 2.05) is 0 Å². The largest absolute Gasteiger partial charge is 0.378 e. The van der Waals surface area contributed by atoms with Gasteiger partial charge in [-0.2, -0.15) is 0 Å². The summed E-state index contributed by atoms with van der Waals surface area (Å²) in [5.41, 5.74) is 1.85. The molecule has 0 aliphatic rings. The first kappa shape index (κ1) is 8.96. The number of hydrogen-bond donors (Lipinski definition) is 1. The number of aromatic amines is 1. The van der Waals surface area contributed by atoms with E-state index in [0.717, 1.165) is 0 Å². The van der Waals surface area contributed by atoms with E-state index in [-0.39, 0.29) is 5.56 Å². The molecule has 0 unspecified atom stereocenters. The first-order valence-electron chi connectivity index (χ1n) is 4.28. The number of methoxy groups -OCH3 is 1. The van der Waals surface area contributed by atoms with Crippen molar-refractivity contribution in [3.8, 4) is 0 Å². The third-order valence-electron chi connectivity index (χ3n) is 2.15. The molecule has 2 heterocycles. The van der Waals surface area contributed by atoms with Crippen LogP contribution in [-0.2, 0) is 11.3 Å². The molecule has 1 N–H and O–H groups in total. The van der Waals surface area contributed by atoms with Crippen LogP contribution in [0.25, 0.3) is 5.65 Å². The zero-order valence-electron chi connectivity index (χ0n) is 8.07. The minimum Gasteiger partial charge on any atom is -0.378 e. The number of ether oxygens (including phenoxy) is 1. The van der Waals surface area contributed by atoms with Crippen LogP contribution in [0.4, 0.5) is 0 Å². The van der Waals surface area contributed by atoms with Crippen LogP contribution in [-0.4, -0.2) is 21.7 Å². The van der Waals surface area contributed by atoms with Crippen LogP contribution >= 0.6 is 0 Å². The Bertz CT molecular complexity index is 512. The van der Waals surface area contributed by atoms with Gasteiger partial charge in [-0.25, -0.2) is 9.50 Å². The second kappa shape index (κ2) is 3.26. The first-order chi connectivity index (χ1) is 6.74. The quantitative estimate of drug-likeness (QED) is 0.754. The van der Waals surface area contributed by atoms with Gasteiger partial charge in [0.2, 0.25) is 0 Å². The lowest BCUT2D eigenvalue weighted by atomic mass is 10.2. The molecule has 14 heavy (non-hydrogen) atoms. The smallest absolute Gasteiger partial charge is 0.275 e. The van der Waals surface area contributed by atoms with Crippen molar-refractivity contribution in [2.45, 2.75) is 13.5 Å². The Labute approximate surface area is 80.3 Å². The monoisotopic (exact) mass is 193 g/mol. The average Bonchev–Trinajstić information content (AvgIpc) is 2.62. The predicted octanol–water partition coefficient (Wildman–Crippen LogP) is 0.477. The highest BCUT2D eigenvalue weighted by Gasteiger charge is 2.08. The summed E-state index contributed by atoms with van der Waals surface area (Å²) in [6.07, 6.45) is 1.68. The van der Waals surface area contributed by atoms with Crippen LogP contribution in [0.15, 0.2) is 17.1 Å². The molecular weight excluding hydrogens is 182 g/mol. The van der Waals surface area contributed by atoms with Gasteiger partial charge in [0.15, 0.2) is 5.65 Å². The molecule has 0 saturated carbocycles. The van der Waals surface area contributed by atoms with E-state index in [1.54, 1.807) is 26.3 Å². The van der Waals surface area contributed by atoms with Crippen molar-refractivity contribution in [2.75, 3.05) is 7.11 Å². The first-order valence-corrected chi connectivity index (χ1v) is 4.28. The Balaban J connectivity index is 2.74. The van der Waals surface area contributed by atoms with Gasteiger partial charge in [-0.3, -0.25) is 9.89 Å². The molecule has 0 fully saturated rings. The lowest BCUT2D eigenvalue weighted by Crippen LogP contribution is -2.20. The van der Waals surface area contributed by atoms with E-state index >= 15 is 0 Å². The second-order valence-corrected chi connectivity index (χ2v) is 3.08. The second-order valence-electron chi connectivity index (χ2n) is 3.08. The third-order valence-corrected chi connectivity index (χ3v) is 2.15. The molecule has 2 rings (SSSR count). The number of rotatable bonds is 2. The minimum atomic E-state index is -0.0768. The summed E-state index contributed by atoms with van der Waals surface area (Å²) < 4.78 is 6.38. The lowest BCUT2D eigenvalue weighted by molar-refractivity contribution is 0.181. The predicted molar refractivity (Wildman–Crippen MR) is 51.3 cm³/mol. The van der Waals surface area contributed by atoms with Gasteiger partial charge in [-0.1, -0.05) is 0 Å². The van der Waals surface area contributed by atoms with E-state index in [1.165, 1.54) is 4.52 Å². The minimum absolute atomic E-state index is 0.0768. The summed E-state index contributed by atoms with van der Waals surface area (Å²) in [6, 6.07) is 1.75. The molecule has 5 heteroatoms. The van der Waals surface area contributed by atoms with Crippen LogP contribution in [0.2, 0.25) is 0 Å². The van der Waals surface area contributed by atoms with Gasteiger partial charge in [-0.15, -0.1) is 0 Å². The molecule has 0 bridgehead atoms. The lowest BCUT2D eigenvalue weighted by Gasteiger charge is -2.03. The van der Waals surface area contributed by atoms with Crippen molar-refractivity contribution in [3.63, 3.8) is 0 Å². The van der Waals surface area contributed by atoms with Gasteiger partial charge in [0.25, 0.3) is 5.56 Å². The molecule has 0 amide bonds. The fourth-order valence-corrected chi connectivity index (χ4v) is 1.37. The molecule has 2 aromatic heterocycles. The maximum atomic E-state index is 11.7. The van der Waals surface area contributed by atoms with E-state index < -0.39 is 0 Å². The van der Waals surface area contributed by atoms with Gasteiger partial charge in [0.05, 0.1) is 12.3 Å². The highest BCUT2D eigenvalue weighted by molar-refractivity contribution is 5.38. The normalized spacial score (nSPS) is 11.0. The molecule has 0 aromatic carbocycles. The number of nitrogens with one attached hydrogen (secondary N) is 1. The van der Waals surface area contributed by atoms with Crippen molar-refractivity contribution in [3.05, 3.63) is 33.9 Å². The number of aromatic nitrogens is 3. The molecule has 74 valence electrons. The van der Waals surface area contributed by atoms with Crippen molar-refractivity contribution in [1.29, 1.82) is 0 Å². The summed E-state index contributed by atoms with van der Waals surface area (Å²) in [6.45, 7) is 2.11. The number of H-pyrrole nitrogens is 1. The van der Waals surface area contributed by atoms with Crippen LogP contribution in [0.1, 0.15) is 11.3 Å². The molecule has 2 aromatic rings. The molecule has 0 aliphatic carbocycles. The Hall–Kier alpha value is -1.62. The van der Waals surface area contributed by atoms with E-state index in [4.69, 9.17) is 4.74 Å². The topological polar surface area (TPSA) is 59.4 Å². The van der Waals surface area contributed by atoms with Crippen LogP contribution in [0.3, 0.4) is 0 Å². The summed E-state index contributed by atoms with van der Waals surface area (Å²) in [4.78, 5) is 16.0. The number of nitrogens with zero attached hydrogens (tertiary/aromatic N) is 2.